The van der Waals surface area contributed by atoms with E-state index in [0.29, 0.717) is 33.3 Å². The Bertz CT molecular complexity index is 1160. The van der Waals surface area contributed by atoms with Gasteiger partial charge in [-0.25, -0.2) is 9.59 Å². The van der Waals surface area contributed by atoms with E-state index < -0.39 is 11.9 Å². The zero-order valence-electron chi connectivity index (χ0n) is 16.4. The second-order valence-electron chi connectivity index (χ2n) is 6.43. The first-order valence-corrected chi connectivity index (χ1v) is 9.45. The zero-order valence-corrected chi connectivity index (χ0v) is 17.2. The Balaban J connectivity index is 1.76. The lowest BCUT2D eigenvalue weighted by atomic mass is 10.1. The summed E-state index contributed by atoms with van der Waals surface area (Å²) >= 11 is 6.09. The summed E-state index contributed by atoms with van der Waals surface area (Å²) < 4.78 is 11.2. The van der Waals surface area contributed by atoms with Crippen molar-refractivity contribution in [2.24, 2.45) is 4.99 Å². The van der Waals surface area contributed by atoms with E-state index in [-0.39, 0.29) is 17.7 Å². The number of aliphatic imine (C=N–C) groups is 1. The van der Waals surface area contributed by atoms with E-state index in [4.69, 9.17) is 31.3 Å². The maximum absolute atomic E-state index is 11.1. The number of methoxy groups -OCH3 is 1. The SMILES string of the molecule is COc1cc(C=Nc2cc(C(=O)O)ccc2Cl)ccc1OCc1cccc(C(=O)O)c1. The van der Waals surface area contributed by atoms with E-state index in [1.54, 1.807) is 36.4 Å². The van der Waals surface area contributed by atoms with Crippen molar-refractivity contribution in [3.63, 3.8) is 0 Å². The molecule has 0 aliphatic carbocycles. The fourth-order valence-electron chi connectivity index (χ4n) is 2.73. The molecule has 2 N–H and O–H groups in total. The van der Waals surface area contributed by atoms with Crippen LogP contribution in [0.25, 0.3) is 0 Å². The molecule has 0 saturated heterocycles. The summed E-state index contributed by atoms with van der Waals surface area (Å²) in [7, 11) is 1.50. The fourth-order valence-corrected chi connectivity index (χ4v) is 2.89. The summed E-state index contributed by atoms with van der Waals surface area (Å²) in [4.78, 5) is 26.5. The highest BCUT2D eigenvalue weighted by Gasteiger charge is 2.09. The smallest absolute Gasteiger partial charge is 0.335 e. The maximum atomic E-state index is 11.1. The Morgan fingerprint density at radius 1 is 0.968 bits per heavy atom. The molecule has 8 heteroatoms. The third kappa shape index (κ3) is 5.61. The number of nitrogens with zero attached hydrogens (tertiary/aromatic N) is 1. The molecule has 31 heavy (non-hydrogen) atoms. The molecule has 0 saturated carbocycles. The van der Waals surface area contributed by atoms with Gasteiger partial charge < -0.3 is 19.7 Å². The van der Waals surface area contributed by atoms with Crippen molar-refractivity contribution in [3.05, 3.63) is 87.9 Å². The van der Waals surface area contributed by atoms with Crippen LogP contribution in [0.15, 0.2) is 65.7 Å². The number of halogens is 1. The molecule has 3 rings (SSSR count). The summed E-state index contributed by atoms with van der Waals surface area (Å²) in [6.07, 6.45) is 1.54. The third-order valence-corrected chi connectivity index (χ3v) is 4.62. The summed E-state index contributed by atoms with van der Waals surface area (Å²) in [5, 5.41) is 18.5. The van der Waals surface area contributed by atoms with Crippen molar-refractivity contribution in [2.45, 2.75) is 6.61 Å². The Kier molecular flexibility index (Phi) is 6.89. The molecule has 0 aliphatic heterocycles. The molecular weight excluding hydrogens is 422 g/mol. The molecule has 3 aromatic carbocycles. The number of carboxylic acids is 2. The molecular formula is C23H18ClNO6. The third-order valence-electron chi connectivity index (χ3n) is 4.30. The minimum Gasteiger partial charge on any atom is -0.493 e. The molecule has 0 aromatic heterocycles. The van der Waals surface area contributed by atoms with Gasteiger partial charge in [0.15, 0.2) is 11.5 Å². The van der Waals surface area contributed by atoms with Gasteiger partial charge in [0.1, 0.15) is 6.61 Å². The van der Waals surface area contributed by atoms with Crippen molar-refractivity contribution in [3.8, 4) is 11.5 Å². The molecule has 0 atom stereocenters. The van der Waals surface area contributed by atoms with Crippen molar-refractivity contribution < 1.29 is 29.3 Å². The van der Waals surface area contributed by atoms with Gasteiger partial charge in [-0.05, 0) is 59.7 Å². The monoisotopic (exact) mass is 439 g/mol. The zero-order chi connectivity index (χ0) is 22.4. The van der Waals surface area contributed by atoms with E-state index in [1.165, 1.54) is 37.6 Å². The van der Waals surface area contributed by atoms with Gasteiger partial charge in [-0.15, -0.1) is 0 Å². The van der Waals surface area contributed by atoms with Gasteiger partial charge in [0, 0.05) is 6.21 Å². The first-order valence-electron chi connectivity index (χ1n) is 9.07. The van der Waals surface area contributed by atoms with Crippen LogP contribution in [0.1, 0.15) is 31.8 Å². The normalized spacial score (nSPS) is 10.8. The highest BCUT2D eigenvalue weighted by atomic mass is 35.5. The topological polar surface area (TPSA) is 105 Å². The fraction of sp³-hybridized carbons (Fsp3) is 0.0870. The van der Waals surface area contributed by atoms with Crippen molar-refractivity contribution in [1.29, 1.82) is 0 Å². The molecule has 3 aromatic rings. The van der Waals surface area contributed by atoms with Crippen molar-refractivity contribution in [2.75, 3.05) is 7.11 Å². The molecule has 0 radical (unpaired) electrons. The molecule has 158 valence electrons. The second kappa shape index (κ2) is 9.77. The number of ether oxygens (including phenoxy) is 2. The lowest BCUT2D eigenvalue weighted by Gasteiger charge is -2.11. The number of aromatic carboxylic acids is 2. The van der Waals surface area contributed by atoms with Gasteiger partial charge in [0.05, 0.1) is 28.9 Å². The molecule has 0 heterocycles. The predicted octanol–water partition coefficient (Wildman–Crippen LogP) is 5.07. The largest absolute Gasteiger partial charge is 0.493 e. The van der Waals surface area contributed by atoms with Crippen LogP contribution in [0.4, 0.5) is 5.69 Å². The average Bonchev–Trinajstić information content (AvgIpc) is 2.77. The van der Waals surface area contributed by atoms with E-state index in [2.05, 4.69) is 4.99 Å². The Hall–Kier alpha value is -3.84. The number of carboxylic acid groups (broad SMARTS) is 2. The first kappa shape index (κ1) is 21.9. The summed E-state index contributed by atoms with van der Waals surface area (Å²) in [6.45, 7) is 0.169. The van der Waals surface area contributed by atoms with E-state index in [1.807, 2.05) is 0 Å². The van der Waals surface area contributed by atoms with E-state index in [0.717, 1.165) is 0 Å². The van der Waals surface area contributed by atoms with Crippen LogP contribution in [-0.2, 0) is 6.61 Å². The van der Waals surface area contributed by atoms with E-state index in [9.17, 15) is 9.59 Å². The van der Waals surface area contributed by atoms with Crippen LogP contribution in [0.5, 0.6) is 11.5 Å². The molecule has 0 fully saturated rings. The quantitative estimate of drug-likeness (QED) is 0.474. The van der Waals surface area contributed by atoms with Gasteiger partial charge in [0.2, 0.25) is 0 Å². The summed E-state index contributed by atoms with van der Waals surface area (Å²) in [5.74, 6) is -1.13. The number of carbonyl (C=O) groups is 2. The van der Waals surface area contributed by atoms with Gasteiger partial charge in [0.25, 0.3) is 0 Å². The van der Waals surface area contributed by atoms with Crippen molar-refractivity contribution >= 4 is 35.4 Å². The van der Waals surface area contributed by atoms with Gasteiger partial charge in [-0.2, -0.15) is 0 Å². The lowest BCUT2D eigenvalue weighted by molar-refractivity contribution is 0.0686. The second-order valence-corrected chi connectivity index (χ2v) is 6.84. The lowest BCUT2D eigenvalue weighted by Crippen LogP contribution is -2.01. The molecule has 7 nitrogen and oxygen atoms in total. The standard InChI is InChI=1S/C23H18ClNO6/c1-30-21-10-14(12-25-19-11-17(23(28)29)6-7-18(19)24)5-8-20(21)31-13-15-3-2-4-16(9-15)22(26)27/h2-12H,13H2,1H3,(H,26,27)(H,28,29). The minimum atomic E-state index is -1.06. The minimum absolute atomic E-state index is 0.0878. The predicted molar refractivity (Wildman–Crippen MR) is 116 cm³/mol. The molecule has 0 spiro atoms. The van der Waals surface area contributed by atoms with Crippen LogP contribution < -0.4 is 9.47 Å². The number of hydrogen-bond acceptors (Lipinski definition) is 5. The van der Waals surface area contributed by atoms with Crippen LogP contribution in [0, 0.1) is 0 Å². The van der Waals surface area contributed by atoms with Crippen LogP contribution >= 0.6 is 11.6 Å². The molecule has 0 unspecified atom stereocenters. The number of hydrogen-bond donors (Lipinski definition) is 2. The molecule has 0 bridgehead atoms. The van der Waals surface area contributed by atoms with Crippen LogP contribution in [0.2, 0.25) is 5.02 Å². The summed E-state index contributed by atoms with van der Waals surface area (Å²) in [6, 6.07) is 15.9. The number of rotatable bonds is 8. The van der Waals surface area contributed by atoms with E-state index >= 15 is 0 Å². The first-order chi connectivity index (χ1) is 14.9. The molecule has 0 aliphatic rings. The van der Waals surface area contributed by atoms with Gasteiger partial charge in [-0.1, -0.05) is 23.7 Å². The Labute approximate surface area is 183 Å². The Morgan fingerprint density at radius 3 is 2.42 bits per heavy atom. The highest BCUT2D eigenvalue weighted by molar-refractivity contribution is 6.33. The highest BCUT2D eigenvalue weighted by Crippen LogP contribution is 2.30. The number of benzene rings is 3. The van der Waals surface area contributed by atoms with Crippen LogP contribution in [0.3, 0.4) is 0 Å². The van der Waals surface area contributed by atoms with Crippen LogP contribution in [-0.4, -0.2) is 35.5 Å². The maximum Gasteiger partial charge on any atom is 0.335 e. The summed E-state index contributed by atoms with van der Waals surface area (Å²) in [5.41, 5.74) is 2.00. The van der Waals surface area contributed by atoms with Gasteiger partial charge in [-0.3, -0.25) is 4.99 Å². The van der Waals surface area contributed by atoms with Crippen molar-refractivity contribution in [1.82, 2.24) is 0 Å². The average molecular weight is 440 g/mol. The molecule has 0 amide bonds. The Morgan fingerprint density at radius 2 is 1.71 bits per heavy atom. The van der Waals surface area contributed by atoms with Gasteiger partial charge >= 0.3 is 11.9 Å².